The molecule has 0 spiro atoms. The van der Waals surface area contributed by atoms with E-state index >= 15 is 0 Å². The first-order valence-corrected chi connectivity index (χ1v) is 6.61. The molecule has 0 aromatic carbocycles. The van der Waals surface area contributed by atoms with Crippen LogP contribution in [0.3, 0.4) is 0 Å². The molecule has 6 heteroatoms. The molecule has 0 aliphatic heterocycles. The molecule has 3 N–H and O–H groups in total. The summed E-state index contributed by atoms with van der Waals surface area (Å²) < 4.78 is 0.792. The predicted molar refractivity (Wildman–Crippen MR) is 69.3 cm³/mol. The molecule has 2 atom stereocenters. The SMILES string of the molecule is CC1(C(=O)O)CCCC1NC(=O)c1cc(Br)c[nH]1. The molecule has 18 heavy (non-hydrogen) atoms. The van der Waals surface area contributed by atoms with Gasteiger partial charge in [0.25, 0.3) is 5.91 Å². The van der Waals surface area contributed by atoms with Crippen LogP contribution in [0.5, 0.6) is 0 Å². The van der Waals surface area contributed by atoms with Crippen LogP contribution in [0.2, 0.25) is 0 Å². The fourth-order valence-corrected chi connectivity index (χ4v) is 2.73. The van der Waals surface area contributed by atoms with Crippen LogP contribution >= 0.6 is 15.9 Å². The summed E-state index contributed by atoms with van der Waals surface area (Å²) in [6.45, 7) is 1.69. The highest BCUT2D eigenvalue weighted by Crippen LogP contribution is 2.38. The summed E-state index contributed by atoms with van der Waals surface area (Å²) in [5.41, 5.74) is -0.430. The summed E-state index contributed by atoms with van der Waals surface area (Å²) in [6, 6.07) is 1.35. The molecule has 1 aromatic heterocycles. The van der Waals surface area contributed by atoms with E-state index in [0.717, 1.165) is 10.9 Å². The lowest BCUT2D eigenvalue weighted by atomic mass is 9.85. The van der Waals surface area contributed by atoms with Gasteiger partial charge in [0.05, 0.1) is 5.41 Å². The highest BCUT2D eigenvalue weighted by molar-refractivity contribution is 9.10. The number of aromatic amines is 1. The van der Waals surface area contributed by atoms with Crippen LogP contribution in [0.15, 0.2) is 16.7 Å². The third-order valence-corrected chi connectivity index (χ3v) is 4.10. The molecule has 1 fully saturated rings. The monoisotopic (exact) mass is 314 g/mol. The van der Waals surface area contributed by atoms with Gasteiger partial charge in [0.2, 0.25) is 0 Å². The predicted octanol–water partition coefficient (Wildman–Crippen LogP) is 2.15. The van der Waals surface area contributed by atoms with Crippen molar-refractivity contribution in [3.8, 4) is 0 Å². The van der Waals surface area contributed by atoms with Gasteiger partial charge in [-0.2, -0.15) is 0 Å². The Bertz CT molecular complexity index is 485. The van der Waals surface area contributed by atoms with Crippen LogP contribution in [0.25, 0.3) is 0 Å². The van der Waals surface area contributed by atoms with Crippen molar-refractivity contribution < 1.29 is 14.7 Å². The van der Waals surface area contributed by atoms with Gasteiger partial charge < -0.3 is 15.4 Å². The Balaban J connectivity index is 2.10. The standard InChI is InChI=1S/C12H15BrN2O3/c1-12(11(17)18)4-2-3-9(12)15-10(16)8-5-7(13)6-14-8/h5-6,9,14H,2-4H2,1H3,(H,15,16)(H,17,18). The van der Waals surface area contributed by atoms with Crippen molar-refractivity contribution in [2.45, 2.75) is 32.2 Å². The first-order valence-electron chi connectivity index (χ1n) is 5.81. The number of aromatic nitrogens is 1. The third kappa shape index (κ3) is 2.29. The number of carboxylic acid groups (broad SMARTS) is 1. The van der Waals surface area contributed by atoms with Crippen molar-refractivity contribution in [2.75, 3.05) is 0 Å². The topological polar surface area (TPSA) is 82.2 Å². The molecular formula is C12H15BrN2O3. The van der Waals surface area contributed by atoms with Gasteiger partial charge in [0.1, 0.15) is 5.69 Å². The molecule has 0 radical (unpaired) electrons. The maximum Gasteiger partial charge on any atom is 0.311 e. The largest absolute Gasteiger partial charge is 0.481 e. The highest BCUT2D eigenvalue weighted by Gasteiger charge is 2.46. The molecule has 1 aromatic rings. The number of H-pyrrole nitrogens is 1. The van der Waals surface area contributed by atoms with Crippen LogP contribution in [-0.4, -0.2) is 28.0 Å². The Kier molecular flexibility index (Phi) is 3.47. The summed E-state index contributed by atoms with van der Waals surface area (Å²) in [6.07, 6.45) is 3.79. The number of carbonyl (C=O) groups excluding carboxylic acids is 1. The van der Waals surface area contributed by atoms with Gasteiger partial charge in [-0.25, -0.2) is 0 Å². The molecule has 2 rings (SSSR count). The van der Waals surface area contributed by atoms with E-state index in [1.807, 2.05) is 0 Å². The Labute approximate surface area is 113 Å². The zero-order valence-electron chi connectivity index (χ0n) is 10.00. The molecular weight excluding hydrogens is 300 g/mol. The first kappa shape index (κ1) is 13.1. The van der Waals surface area contributed by atoms with Crippen molar-refractivity contribution in [3.63, 3.8) is 0 Å². The summed E-state index contributed by atoms with van der Waals surface area (Å²) in [4.78, 5) is 26.1. The number of nitrogens with one attached hydrogen (secondary N) is 2. The lowest BCUT2D eigenvalue weighted by Gasteiger charge is -2.27. The molecule has 2 unspecified atom stereocenters. The lowest BCUT2D eigenvalue weighted by molar-refractivity contribution is -0.148. The van der Waals surface area contributed by atoms with E-state index in [2.05, 4.69) is 26.2 Å². The van der Waals surface area contributed by atoms with E-state index in [0.29, 0.717) is 18.5 Å². The number of carbonyl (C=O) groups is 2. The first-order chi connectivity index (χ1) is 8.43. The van der Waals surface area contributed by atoms with E-state index < -0.39 is 11.4 Å². The minimum Gasteiger partial charge on any atom is -0.481 e. The van der Waals surface area contributed by atoms with Gasteiger partial charge in [-0.1, -0.05) is 6.42 Å². The van der Waals surface area contributed by atoms with E-state index in [1.165, 1.54) is 0 Å². The zero-order valence-corrected chi connectivity index (χ0v) is 11.6. The summed E-state index contributed by atoms with van der Waals surface area (Å²) in [5.74, 6) is -1.11. The maximum absolute atomic E-state index is 12.0. The molecule has 1 amide bonds. The van der Waals surface area contributed by atoms with Crippen LogP contribution in [0.1, 0.15) is 36.7 Å². The molecule has 98 valence electrons. The van der Waals surface area contributed by atoms with Gasteiger partial charge in [-0.3, -0.25) is 9.59 Å². The molecule has 1 saturated carbocycles. The summed E-state index contributed by atoms with van der Waals surface area (Å²) >= 11 is 3.25. The lowest BCUT2D eigenvalue weighted by Crippen LogP contribution is -2.47. The van der Waals surface area contributed by atoms with Gasteiger partial charge in [-0.05, 0) is 41.8 Å². The normalized spacial score (nSPS) is 27.1. The second kappa shape index (κ2) is 4.76. The van der Waals surface area contributed by atoms with E-state index in [1.54, 1.807) is 19.2 Å². The molecule has 0 saturated heterocycles. The zero-order chi connectivity index (χ0) is 13.3. The van der Waals surface area contributed by atoms with Crippen molar-refractivity contribution >= 4 is 27.8 Å². The van der Waals surface area contributed by atoms with Crippen molar-refractivity contribution in [2.24, 2.45) is 5.41 Å². The second-order valence-corrected chi connectivity index (χ2v) is 5.79. The number of halogens is 1. The van der Waals surface area contributed by atoms with Crippen LogP contribution < -0.4 is 5.32 Å². The quantitative estimate of drug-likeness (QED) is 0.799. The maximum atomic E-state index is 12.0. The summed E-state index contributed by atoms with van der Waals surface area (Å²) in [7, 11) is 0. The number of hydrogen-bond acceptors (Lipinski definition) is 2. The average Bonchev–Trinajstić information content (AvgIpc) is 2.87. The fraction of sp³-hybridized carbons (Fsp3) is 0.500. The third-order valence-electron chi connectivity index (χ3n) is 3.64. The fourth-order valence-electron chi connectivity index (χ4n) is 2.39. The van der Waals surface area contributed by atoms with Crippen LogP contribution in [-0.2, 0) is 4.79 Å². The van der Waals surface area contributed by atoms with Gasteiger partial charge >= 0.3 is 5.97 Å². The average molecular weight is 315 g/mol. The highest BCUT2D eigenvalue weighted by atomic mass is 79.9. The van der Waals surface area contributed by atoms with Crippen molar-refractivity contribution in [3.05, 3.63) is 22.4 Å². The molecule has 1 aliphatic carbocycles. The van der Waals surface area contributed by atoms with E-state index in [4.69, 9.17) is 0 Å². The Morgan fingerprint density at radius 2 is 2.33 bits per heavy atom. The molecule has 0 bridgehead atoms. The van der Waals surface area contributed by atoms with E-state index in [9.17, 15) is 14.7 Å². The Morgan fingerprint density at radius 1 is 1.61 bits per heavy atom. The van der Waals surface area contributed by atoms with Gasteiger partial charge in [0.15, 0.2) is 0 Å². The molecule has 5 nitrogen and oxygen atoms in total. The van der Waals surface area contributed by atoms with Crippen molar-refractivity contribution in [1.82, 2.24) is 10.3 Å². The molecule has 1 heterocycles. The number of aliphatic carboxylic acids is 1. The van der Waals surface area contributed by atoms with Crippen LogP contribution in [0.4, 0.5) is 0 Å². The number of amides is 1. The second-order valence-electron chi connectivity index (χ2n) is 4.87. The minimum atomic E-state index is -0.862. The van der Waals surface area contributed by atoms with E-state index in [-0.39, 0.29) is 11.9 Å². The number of rotatable bonds is 3. The summed E-state index contributed by atoms with van der Waals surface area (Å²) in [5, 5.41) is 12.1. The Morgan fingerprint density at radius 3 is 2.89 bits per heavy atom. The smallest absolute Gasteiger partial charge is 0.311 e. The number of hydrogen-bond donors (Lipinski definition) is 3. The van der Waals surface area contributed by atoms with Crippen LogP contribution in [0, 0.1) is 5.41 Å². The number of carboxylic acids is 1. The van der Waals surface area contributed by atoms with Gasteiger partial charge in [-0.15, -0.1) is 0 Å². The molecule has 1 aliphatic rings. The van der Waals surface area contributed by atoms with Gasteiger partial charge in [0, 0.05) is 16.7 Å². The van der Waals surface area contributed by atoms with Crippen molar-refractivity contribution in [1.29, 1.82) is 0 Å². The minimum absolute atomic E-state index is 0.264. The Hall–Kier alpha value is -1.30.